The van der Waals surface area contributed by atoms with E-state index in [1.807, 2.05) is 6.92 Å². The van der Waals surface area contributed by atoms with Crippen molar-refractivity contribution in [3.63, 3.8) is 0 Å². The summed E-state index contributed by atoms with van der Waals surface area (Å²) in [4.78, 5) is 23.3. The number of rotatable bonds is 17. The van der Waals surface area contributed by atoms with Gasteiger partial charge in [0.05, 0.1) is 12.5 Å². The van der Waals surface area contributed by atoms with E-state index < -0.39 is 12.1 Å². The van der Waals surface area contributed by atoms with E-state index in [-0.39, 0.29) is 12.5 Å². The third-order valence-corrected chi connectivity index (χ3v) is 4.82. The van der Waals surface area contributed by atoms with Crippen LogP contribution in [0.15, 0.2) is 0 Å². The van der Waals surface area contributed by atoms with Crippen molar-refractivity contribution in [2.24, 2.45) is 5.92 Å². The minimum absolute atomic E-state index is 0.174. The first-order chi connectivity index (χ1) is 12.7. The SMILES string of the molecule is CCCCCCCCCCCCCCC(CCC)C(=O)OC(=O)OCC. The van der Waals surface area contributed by atoms with Gasteiger partial charge in [-0.1, -0.05) is 97.3 Å². The van der Waals surface area contributed by atoms with Gasteiger partial charge < -0.3 is 9.47 Å². The number of hydrogen-bond donors (Lipinski definition) is 0. The maximum atomic E-state index is 12.0. The molecule has 0 aromatic carbocycles. The van der Waals surface area contributed by atoms with Crippen molar-refractivity contribution < 1.29 is 19.1 Å². The minimum Gasteiger partial charge on any atom is -0.434 e. The molecule has 0 aromatic heterocycles. The van der Waals surface area contributed by atoms with Gasteiger partial charge in [-0.2, -0.15) is 0 Å². The summed E-state index contributed by atoms with van der Waals surface area (Å²) in [6, 6.07) is 0. The summed E-state index contributed by atoms with van der Waals surface area (Å²) in [7, 11) is 0. The standard InChI is InChI=1S/C22H42O4/c1-4-7-8-9-10-11-12-13-14-15-16-17-19-20(18-5-2)21(23)26-22(24)25-6-3/h20H,4-19H2,1-3H3. The van der Waals surface area contributed by atoms with E-state index in [9.17, 15) is 9.59 Å². The third kappa shape index (κ3) is 15.2. The molecule has 1 unspecified atom stereocenters. The van der Waals surface area contributed by atoms with Gasteiger partial charge in [-0.25, -0.2) is 4.79 Å². The Hall–Kier alpha value is -1.06. The molecule has 0 saturated heterocycles. The zero-order valence-electron chi connectivity index (χ0n) is 17.5. The van der Waals surface area contributed by atoms with Crippen LogP contribution < -0.4 is 0 Å². The lowest BCUT2D eigenvalue weighted by atomic mass is 9.96. The van der Waals surface area contributed by atoms with E-state index in [1.165, 1.54) is 64.2 Å². The molecular formula is C22H42O4. The zero-order valence-corrected chi connectivity index (χ0v) is 17.5. The van der Waals surface area contributed by atoms with Crippen LogP contribution in [0.2, 0.25) is 0 Å². The first-order valence-electron chi connectivity index (χ1n) is 11.0. The Kier molecular flexibility index (Phi) is 18.0. The summed E-state index contributed by atoms with van der Waals surface area (Å²) in [6.07, 6.45) is 17.3. The average molecular weight is 371 g/mol. The molecule has 0 rings (SSSR count). The van der Waals surface area contributed by atoms with E-state index in [4.69, 9.17) is 4.74 Å². The molecule has 0 spiro atoms. The zero-order chi connectivity index (χ0) is 19.5. The molecule has 0 saturated carbocycles. The van der Waals surface area contributed by atoms with Gasteiger partial charge in [0.25, 0.3) is 0 Å². The summed E-state index contributed by atoms with van der Waals surface area (Å²) in [6.45, 7) is 6.23. The molecule has 0 fully saturated rings. The number of esters is 1. The summed E-state index contributed by atoms with van der Waals surface area (Å²) >= 11 is 0. The quantitative estimate of drug-likeness (QED) is 0.154. The van der Waals surface area contributed by atoms with Crippen LogP contribution in [0.5, 0.6) is 0 Å². The Labute approximate surface area is 161 Å². The fourth-order valence-electron chi connectivity index (χ4n) is 3.27. The maximum Gasteiger partial charge on any atom is 0.516 e. The second-order valence-corrected chi connectivity index (χ2v) is 7.27. The molecule has 4 heteroatoms. The summed E-state index contributed by atoms with van der Waals surface area (Å²) < 4.78 is 9.44. The van der Waals surface area contributed by atoms with Crippen LogP contribution in [0, 0.1) is 5.92 Å². The molecule has 4 nitrogen and oxygen atoms in total. The molecule has 0 amide bonds. The monoisotopic (exact) mass is 370 g/mol. The van der Waals surface area contributed by atoms with Crippen LogP contribution in [-0.4, -0.2) is 18.7 Å². The van der Waals surface area contributed by atoms with E-state index in [0.717, 1.165) is 32.1 Å². The number of carbonyl (C=O) groups is 2. The van der Waals surface area contributed by atoms with Gasteiger partial charge in [0.15, 0.2) is 0 Å². The summed E-state index contributed by atoms with van der Waals surface area (Å²) in [5, 5.41) is 0. The molecule has 0 aliphatic heterocycles. The Bertz CT molecular complexity index is 341. The van der Waals surface area contributed by atoms with Crippen molar-refractivity contribution in [2.45, 2.75) is 117 Å². The molecule has 0 radical (unpaired) electrons. The lowest BCUT2D eigenvalue weighted by Gasteiger charge is -2.14. The molecule has 26 heavy (non-hydrogen) atoms. The lowest BCUT2D eigenvalue weighted by molar-refractivity contribution is -0.145. The van der Waals surface area contributed by atoms with Crippen LogP contribution in [0.4, 0.5) is 4.79 Å². The van der Waals surface area contributed by atoms with Crippen LogP contribution >= 0.6 is 0 Å². The first kappa shape index (κ1) is 24.9. The average Bonchev–Trinajstić information content (AvgIpc) is 2.61. The fourth-order valence-corrected chi connectivity index (χ4v) is 3.27. The topological polar surface area (TPSA) is 52.6 Å². The highest BCUT2D eigenvalue weighted by Crippen LogP contribution is 2.19. The second kappa shape index (κ2) is 18.7. The minimum atomic E-state index is -0.867. The van der Waals surface area contributed by atoms with Crippen molar-refractivity contribution in [1.82, 2.24) is 0 Å². The predicted octanol–water partition coefficient (Wildman–Crippen LogP) is 7.19. The molecule has 0 N–H and O–H groups in total. The molecule has 1 atom stereocenters. The molecule has 0 heterocycles. The van der Waals surface area contributed by atoms with Gasteiger partial charge in [-0.3, -0.25) is 4.79 Å². The normalized spacial score (nSPS) is 12.0. The van der Waals surface area contributed by atoms with E-state index in [0.29, 0.717) is 0 Å². The van der Waals surface area contributed by atoms with Gasteiger partial charge >= 0.3 is 12.1 Å². The molecule has 0 bridgehead atoms. The Morgan fingerprint density at radius 1 is 0.654 bits per heavy atom. The molecule has 0 aromatic rings. The molecule has 154 valence electrons. The van der Waals surface area contributed by atoms with E-state index in [1.54, 1.807) is 6.92 Å². The second-order valence-electron chi connectivity index (χ2n) is 7.27. The van der Waals surface area contributed by atoms with Crippen molar-refractivity contribution in [3.8, 4) is 0 Å². The smallest absolute Gasteiger partial charge is 0.434 e. The largest absolute Gasteiger partial charge is 0.516 e. The number of ether oxygens (including phenoxy) is 2. The highest BCUT2D eigenvalue weighted by Gasteiger charge is 2.22. The fraction of sp³-hybridized carbons (Fsp3) is 0.909. The van der Waals surface area contributed by atoms with Crippen LogP contribution in [-0.2, 0) is 14.3 Å². The number of hydrogen-bond acceptors (Lipinski definition) is 4. The van der Waals surface area contributed by atoms with Crippen LogP contribution in [0.3, 0.4) is 0 Å². The molecular weight excluding hydrogens is 328 g/mol. The van der Waals surface area contributed by atoms with Gasteiger partial charge in [0, 0.05) is 0 Å². The highest BCUT2D eigenvalue weighted by molar-refractivity contribution is 5.83. The lowest BCUT2D eigenvalue weighted by Crippen LogP contribution is -2.22. The molecule has 0 aliphatic carbocycles. The van der Waals surface area contributed by atoms with Gasteiger partial charge in [-0.05, 0) is 19.8 Å². The first-order valence-corrected chi connectivity index (χ1v) is 11.0. The highest BCUT2D eigenvalue weighted by atomic mass is 16.7. The number of carbonyl (C=O) groups excluding carboxylic acids is 2. The van der Waals surface area contributed by atoms with E-state index >= 15 is 0 Å². The maximum absolute atomic E-state index is 12.0. The summed E-state index contributed by atoms with van der Waals surface area (Å²) in [5.41, 5.74) is 0. The van der Waals surface area contributed by atoms with Crippen molar-refractivity contribution >= 4 is 12.1 Å². The van der Waals surface area contributed by atoms with Crippen LogP contribution in [0.25, 0.3) is 0 Å². The predicted molar refractivity (Wildman–Crippen MR) is 107 cm³/mol. The Morgan fingerprint density at radius 2 is 1.15 bits per heavy atom. The van der Waals surface area contributed by atoms with Crippen molar-refractivity contribution in [2.75, 3.05) is 6.61 Å². The third-order valence-electron chi connectivity index (χ3n) is 4.82. The van der Waals surface area contributed by atoms with Gasteiger partial charge in [-0.15, -0.1) is 0 Å². The number of unbranched alkanes of at least 4 members (excludes halogenated alkanes) is 11. The van der Waals surface area contributed by atoms with Crippen molar-refractivity contribution in [3.05, 3.63) is 0 Å². The van der Waals surface area contributed by atoms with E-state index in [2.05, 4.69) is 11.7 Å². The van der Waals surface area contributed by atoms with Gasteiger partial charge in [0.1, 0.15) is 0 Å². The molecule has 0 aliphatic rings. The van der Waals surface area contributed by atoms with Crippen molar-refractivity contribution in [1.29, 1.82) is 0 Å². The Morgan fingerprint density at radius 3 is 1.62 bits per heavy atom. The Balaban J connectivity index is 3.65. The van der Waals surface area contributed by atoms with Crippen LogP contribution in [0.1, 0.15) is 117 Å². The van der Waals surface area contributed by atoms with Gasteiger partial charge in [0.2, 0.25) is 0 Å². The summed E-state index contributed by atoms with van der Waals surface area (Å²) in [5.74, 6) is -0.596.